The normalized spacial score (nSPS) is 12.5. The first-order valence-electron chi connectivity index (χ1n) is 5.74. The molecule has 0 aliphatic heterocycles. The minimum absolute atomic E-state index is 0.241. The van der Waals surface area contributed by atoms with E-state index >= 15 is 0 Å². The van der Waals surface area contributed by atoms with E-state index in [1.54, 1.807) is 32.5 Å². The summed E-state index contributed by atoms with van der Waals surface area (Å²) in [4.78, 5) is 0.241. The van der Waals surface area contributed by atoms with E-state index in [1.165, 1.54) is 6.26 Å². The highest BCUT2D eigenvalue weighted by atomic mass is 32.2. The van der Waals surface area contributed by atoms with E-state index in [0.29, 0.717) is 11.4 Å². The molecule has 0 radical (unpaired) electrons. The Morgan fingerprint density at radius 1 is 1.53 bits per heavy atom. The first-order valence-corrected chi connectivity index (χ1v) is 8.04. The molecule has 0 amide bonds. The highest BCUT2D eigenvalue weighted by Crippen LogP contribution is 2.21. The monoisotopic (exact) mass is 304 g/mol. The number of anilines is 1. The average Bonchev–Trinajstić information content (AvgIpc) is 2.48. The van der Waals surface area contributed by atoms with Gasteiger partial charge in [-0.1, -0.05) is 12.2 Å². The summed E-state index contributed by atoms with van der Waals surface area (Å²) in [6.07, 6.45) is 1.22. The molecular formula is C11H20N4O2S2. The fourth-order valence-electron chi connectivity index (χ4n) is 1.58. The average molecular weight is 304 g/mol. The Kier molecular flexibility index (Phi) is 4.26. The van der Waals surface area contributed by atoms with Crippen molar-refractivity contribution in [3.63, 3.8) is 0 Å². The van der Waals surface area contributed by atoms with E-state index in [0.717, 1.165) is 5.69 Å². The number of nitrogens with zero attached hydrogens (tertiary/aromatic N) is 2. The summed E-state index contributed by atoms with van der Waals surface area (Å²) >= 11 is 5.00. The van der Waals surface area contributed by atoms with Crippen molar-refractivity contribution < 1.29 is 8.42 Å². The van der Waals surface area contributed by atoms with Crippen LogP contribution in [0, 0.1) is 6.92 Å². The van der Waals surface area contributed by atoms with E-state index in [2.05, 4.69) is 10.4 Å². The fourth-order valence-corrected chi connectivity index (χ4v) is 2.16. The quantitative estimate of drug-likeness (QED) is 0.774. The number of nitrogens with two attached hydrogens (primary N) is 1. The molecular weight excluding hydrogens is 284 g/mol. The molecule has 0 aromatic carbocycles. The molecule has 0 fully saturated rings. The standard InChI is InChI=1S/C11H20N4O2S2/c1-7-8(9(12)18)10(15(4)14-7)13-6-11(2,3)19(5,16)17/h13H,6H2,1-5H3,(H2,12,18). The number of nitrogens with one attached hydrogen (secondary N) is 1. The van der Waals surface area contributed by atoms with Gasteiger partial charge in [0.1, 0.15) is 10.8 Å². The lowest BCUT2D eigenvalue weighted by Crippen LogP contribution is -2.38. The van der Waals surface area contributed by atoms with Crippen molar-refractivity contribution in [2.75, 3.05) is 18.1 Å². The molecule has 1 aromatic rings. The Hall–Kier alpha value is -1.15. The van der Waals surface area contributed by atoms with Crippen LogP contribution in [0.15, 0.2) is 0 Å². The third-order valence-corrected chi connectivity index (χ3v) is 5.51. The molecule has 0 saturated heterocycles. The van der Waals surface area contributed by atoms with Crippen molar-refractivity contribution in [2.45, 2.75) is 25.5 Å². The number of thiocarbonyl (C=S) groups is 1. The van der Waals surface area contributed by atoms with Crippen LogP contribution in [0.1, 0.15) is 25.1 Å². The van der Waals surface area contributed by atoms with Crippen molar-refractivity contribution in [1.29, 1.82) is 0 Å². The van der Waals surface area contributed by atoms with Gasteiger partial charge in [0.25, 0.3) is 0 Å². The Labute approximate surface area is 119 Å². The maximum absolute atomic E-state index is 11.7. The summed E-state index contributed by atoms with van der Waals surface area (Å²) in [7, 11) is -1.41. The van der Waals surface area contributed by atoms with Gasteiger partial charge in [-0.3, -0.25) is 4.68 Å². The van der Waals surface area contributed by atoms with Crippen molar-refractivity contribution in [2.24, 2.45) is 12.8 Å². The van der Waals surface area contributed by atoms with Gasteiger partial charge in [0, 0.05) is 19.8 Å². The van der Waals surface area contributed by atoms with E-state index in [9.17, 15) is 8.42 Å². The van der Waals surface area contributed by atoms with Crippen LogP contribution in [0.3, 0.4) is 0 Å². The van der Waals surface area contributed by atoms with Crippen LogP contribution in [-0.4, -0.2) is 40.7 Å². The number of aromatic nitrogens is 2. The van der Waals surface area contributed by atoms with Gasteiger partial charge in [-0.2, -0.15) is 5.10 Å². The zero-order chi connectivity index (χ0) is 15.0. The second-order valence-corrected chi connectivity index (χ2v) is 8.27. The van der Waals surface area contributed by atoms with Crippen molar-refractivity contribution >= 4 is 32.9 Å². The molecule has 0 aliphatic rings. The molecule has 108 valence electrons. The van der Waals surface area contributed by atoms with Crippen molar-refractivity contribution in [1.82, 2.24) is 9.78 Å². The summed E-state index contributed by atoms with van der Waals surface area (Å²) < 4.78 is 24.1. The highest BCUT2D eigenvalue weighted by Gasteiger charge is 2.30. The zero-order valence-corrected chi connectivity index (χ0v) is 13.4. The third kappa shape index (κ3) is 3.24. The molecule has 8 heteroatoms. The lowest BCUT2D eigenvalue weighted by molar-refractivity contribution is 0.559. The van der Waals surface area contributed by atoms with Gasteiger partial charge >= 0.3 is 0 Å². The van der Waals surface area contributed by atoms with Gasteiger partial charge in [0.2, 0.25) is 0 Å². The van der Waals surface area contributed by atoms with Gasteiger partial charge in [-0.15, -0.1) is 0 Å². The minimum atomic E-state index is -3.17. The Balaban J connectivity index is 3.06. The Morgan fingerprint density at radius 3 is 2.47 bits per heavy atom. The van der Waals surface area contributed by atoms with Gasteiger partial charge in [-0.05, 0) is 20.8 Å². The molecule has 1 rings (SSSR count). The molecule has 0 bridgehead atoms. The summed E-state index contributed by atoms with van der Waals surface area (Å²) in [6.45, 7) is 5.39. The molecule has 0 spiro atoms. The molecule has 6 nitrogen and oxygen atoms in total. The predicted octanol–water partition coefficient (Wildman–Crippen LogP) is 0.598. The molecule has 0 atom stereocenters. The second kappa shape index (κ2) is 5.09. The van der Waals surface area contributed by atoms with Gasteiger partial charge in [-0.25, -0.2) is 8.42 Å². The summed E-state index contributed by atoms with van der Waals surface area (Å²) in [5, 5.41) is 7.32. The van der Waals surface area contributed by atoms with Crippen molar-refractivity contribution in [3.05, 3.63) is 11.3 Å². The van der Waals surface area contributed by atoms with Crippen LogP contribution in [-0.2, 0) is 16.9 Å². The van der Waals surface area contributed by atoms with Gasteiger partial charge < -0.3 is 11.1 Å². The number of aryl methyl sites for hydroxylation is 2. The van der Waals surface area contributed by atoms with Gasteiger partial charge in [0.15, 0.2) is 9.84 Å². The maximum atomic E-state index is 11.7. The highest BCUT2D eigenvalue weighted by molar-refractivity contribution is 7.92. The molecule has 1 heterocycles. The zero-order valence-electron chi connectivity index (χ0n) is 11.8. The van der Waals surface area contributed by atoms with E-state index in [-0.39, 0.29) is 11.5 Å². The first-order chi connectivity index (χ1) is 8.47. The predicted molar refractivity (Wildman–Crippen MR) is 81.2 cm³/mol. The molecule has 0 saturated carbocycles. The number of rotatable bonds is 5. The first kappa shape index (κ1) is 15.9. The second-order valence-electron chi connectivity index (χ2n) is 5.18. The van der Waals surface area contributed by atoms with Crippen molar-refractivity contribution in [3.8, 4) is 0 Å². The largest absolute Gasteiger partial charge is 0.389 e. The van der Waals surface area contributed by atoms with Crippen LogP contribution in [0.25, 0.3) is 0 Å². The Morgan fingerprint density at radius 2 is 2.05 bits per heavy atom. The molecule has 0 aliphatic carbocycles. The molecule has 1 aromatic heterocycles. The number of hydrogen-bond acceptors (Lipinski definition) is 5. The van der Waals surface area contributed by atoms with E-state index < -0.39 is 14.6 Å². The van der Waals surface area contributed by atoms with E-state index in [1.807, 2.05) is 0 Å². The smallest absolute Gasteiger partial charge is 0.154 e. The fraction of sp³-hybridized carbons (Fsp3) is 0.636. The minimum Gasteiger partial charge on any atom is -0.389 e. The third-order valence-electron chi connectivity index (χ3n) is 3.15. The molecule has 19 heavy (non-hydrogen) atoms. The summed E-state index contributed by atoms with van der Waals surface area (Å²) in [5.74, 6) is 0.640. The topological polar surface area (TPSA) is 90.0 Å². The molecule has 0 unspecified atom stereocenters. The number of hydrogen-bond donors (Lipinski definition) is 2. The lowest BCUT2D eigenvalue weighted by atomic mass is 10.2. The summed E-state index contributed by atoms with van der Waals surface area (Å²) in [5.41, 5.74) is 7.05. The van der Waals surface area contributed by atoms with Crippen LogP contribution < -0.4 is 11.1 Å². The maximum Gasteiger partial charge on any atom is 0.154 e. The molecule has 3 N–H and O–H groups in total. The number of sulfone groups is 1. The SMILES string of the molecule is Cc1nn(C)c(NCC(C)(C)S(C)(=O)=O)c1C(N)=S. The van der Waals surface area contributed by atoms with Crippen LogP contribution in [0.4, 0.5) is 5.82 Å². The van der Waals surface area contributed by atoms with Crippen LogP contribution >= 0.6 is 12.2 Å². The van der Waals surface area contributed by atoms with Crippen LogP contribution in [0.5, 0.6) is 0 Å². The lowest BCUT2D eigenvalue weighted by Gasteiger charge is -2.23. The summed E-state index contributed by atoms with van der Waals surface area (Å²) in [6, 6.07) is 0. The van der Waals surface area contributed by atoms with E-state index in [4.69, 9.17) is 18.0 Å². The van der Waals surface area contributed by atoms with Crippen LogP contribution in [0.2, 0.25) is 0 Å². The Bertz CT molecular complexity index is 602. The van der Waals surface area contributed by atoms with Gasteiger partial charge in [0.05, 0.1) is 16.0 Å².